The first-order chi connectivity index (χ1) is 9.27. The molecule has 0 amide bonds. The van der Waals surface area contributed by atoms with Gasteiger partial charge in [0.25, 0.3) is 0 Å². The van der Waals surface area contributed by atoms with Gasteiger partial charge >= 0.3 is 0 Å². The molecule has 0 atom stereocenters. The topological polar surface area (TPSA) is 56.7 Å². The second kappa shape index (κ2) is 7.11. The molecule has 1 heterocycles. The Kier molecular flexibility index (Phi) is 5.48. The Bertz CT molecular complexity index is 626. The van der Waals surface area contributed by atoms with E-state index in [1.807, 2.05) is 38.1 Å². The lowest BCUT2D eigenvalue weighted by Gasteiger charge is -1.98. The Morgan fingerprint density at radius 3 is 2.68 bits per heavy atom. The van der Waals surface area contributed by atoms with E-state index in [0.29, 0.717) is 11.1 Å². The van der Waals surface area contributed by atoms with E-state index in [4.69, 9.17) is 5.41 Å². The van der Waals surface area contributed by atoms with E-state index in [0.717, 1.165) is 17.1 Å². The molecule has 2 rings (SSSR count). The van der Waals surface area contributed by atoms with Crippen LogP contribution in [-0.4, -0.2) is 17.0 Å². The average Bonchev–Trinajstić information content (AvgIpc) is 2.90. The molecule has 0 saturated carbocycles. The second-order valence-corrected chi connectivity index (χ2v) is 3.57. The Hall–Kier alpha value is -2.42. The highest BCUT2D eigenvalue weighted by atomic mass is 16.1. The summed E-state index contributed by atoms with van der Waals surface area (Å²) in [4.78, 5) is 15.2. The van der Waals surface area contributed by atoms with Gasteiger partial charge < -0.3 is 10.4 Å². The van der Waals surface area contributed by atoms with Crippen molar-refractivity contribution in [2.45, 2.75) is 13.8 Å². The molecule has 0 saturated heterocycles. The monoisotopic (exact) mass is 256 g/mol. The molecule has 2 aromatic rings. The molecule has 100 valence electrons. The van der Waals surface area contributed by atoms with Crippen molar-refractivity contribution < 1.29 is 6.22 Å². The molecule has 0 aliphatic rings. The van der Waals surface area contributed by atoms with E-state index < -0.39 is 0 Å². The highest BCUT2D eigenvalue weighted by Crippen LogP contribution is 2.20. The number of aromatic nitrogens is 1. The number of hydrogen-bond acceptors (Lipinski definition) is 2. The highest BCUT2D eigenvalue weighted by Gasteiger charge is 2.13. The number of rotatable bonds is 4. The molecule has 0 unspecified atom stereocenters. The van der Waals surface area contributed by atoms with Crippen molar-refractivity contribution in [3.8, 4) is 0 Å². The summed E-state index contributed by atoms with van der Waals surface area (Å²) in [6, 6.07) is 7.61. The molecule has 19 heavy (non-hydrogen) atoms. The zero-order valence-corrected chi connectivity index (χ0v) is 11.2. The summed E-state index contributed by atoms with van der Waals surface area (Å²) in [5, 5.41) is 7.89. The van der Waals surface area contributed by atoms with Crippen LogP contribution in [0.15, 0.2) is 54.8 Å². The first-order valence-corrected chi connectivity index (χ1v) is 6.22. The number of hydrogen-bond donors (Lipinski definition) is 2. The maximum Gasteiger partial charge on any atom is 0.195 e. The SMILES string of the molecule is C=C/C(=C\C=N)C(=O)c1c[nH]c2ccccc12.CC.[HH]. The largest absolute Gasteiger partial charge is 0.360 e. The van der Waals surface area contributed by atoms with Gasteiger partial charge in [0.2, 0.25) is 0 Å². The number of aromatic amines is 1. The van der Waals surface area contributed by atoms with Crippen LogP contribution in [0.5, 0.6) is 0 Å². The van der Waals surface area contributed by atoms with Crippen molar-refractivity contribution in [3.63, 3.8) is 0 Å². The van der Waals surface area contributed by atoms with Gasteiger partial charge in [-0.05, 0) is 12.1 Å². The second-order valence-electron chi connectivity index (χ2n) is 3.57. The molecular formula is C16H20N2O. The van der Waals surface area contributed by atoms with E-state index in [-0.39, 0.29) is 7.21 Å². The predicted octanol–water partition coefficient (Wildman–Crippen LogP) is 4.38. The van der Waals surface area contributed by atoms with Crippen molar-refractivity contribution in [2.75, 3.05) is 0 Å². The predicted molar refractivity (Wildman–Crippen MR) is 83.2 cm³/mol. The average molecular weight is 256 g/mol. The molecule has 1 aromatic heterocycles. The van der Waals surface area contributed by atoms with Crippen LogP contribution in [0.4, 0.5) is 0 Å². The number of fused-ring (bicyclic) bond motifs is 1. The van der Waals surface area contributed by atoms with E-state index in [1.54, 1.807) is 6.20 Å². The third-order valence-corrected chi connectivity index (χ3v) is 2.58. The van der Waals surface area contributed by atoms with Gasteiger partial charge in [-0.3, -0.25) is 4.79 Å². The van der Waals surface area contributed by atoms with E-state index in [2.05, 4.69) is 11.6 Å². The van der Waals surface area contributed by atoms with Crippen LogP contribution >= 0.6 is 0 Å². The van der Waals surface area contributed by atoms with Crippen LogP contribution in [0, 0.1) is 5.41 Å². The number of H-pyrrole nitrogens is 1. The molecule has 3 nitrogen and oxygen atoms in total. The van der Waals surface area contributed by atoms with Crippen LogP contribution in [0.2, 0.25) is 0 Å². The smallest absolute Gasteiger partial charge is 0.195 e. The van der Waals surface area contributed by atoms with Gasteiger partial charge in [0, 0.05) is 35.9 Å². The normalized spacial score (nSPS) is 10.5. The number of para-hydroxylation sites is 1. The minimum atomic E-state index is -0.124. The molecular weight excluding hydrogens is 236 g/mol. The third kappa shape index (κ3) is 3.07. The van der Waals surface area contributed by atoms with Crippen LogP contribution in [-0.2, 0) is 0 Å². The summed E-state index contributed by atoms with van der Waals surface area (Å²) in [6.07, 6.45) is 5.68. The number of Topliss-reactive ketones (excluding diaryl/α,β-unsaturated/α-hetero) is 1. The van der Waals surface area contributed by atoms with E-state index >= 15 is 0 Å². The molecule has 3 heteroatoms. The number of ketones is 1. The quantitative estimate of drug-likeness (QED) is 0.362. The lowest BCUT2D eigenvalue weighted by molar-refractivity contribution is 0.104. The summed E-state index contributed by atoms with van der Waals surface area (Å²) in [7, 11) is 0. The lowest BCUT2D eigenvalue weighted by Crippen LogP contribution is -2.00. The maximum absolute atomic E-state index is 12.2. The van der Waals surface area contributed by atoms with Crippen molar-refractivity contribution >= 4 is 22.9 Å². The van der Waals surface area contributed by atoms with Gasteiger partial charge in [0.1, 0.15) is 0 Å². The molecule has 0 spiro atoms. The fraction of sp³-hybridized carbons (Fsp3) is 0.125. The molecule has 0 fully saturated rings. The van der Waals surface area contributed by atoms with Crippen molar-refractivity contribution in [2.24, 2.45) is 0 Å². The maximum atomic E-state index is 12.2. The fourth-order valence-corrected chi connectivity index (χ4v) is 1.74. The van der Waals surface area contributed by atoms with Crippen LogP contribution in [0.25, 0.3) is 10.9 Å². The van der Waals surface area contributed by atoms with Crippen molar-refractivity contribution in [3.05, 3.63) is 60.3 Å². The van der Waals surface area contributed by atoms with Crippen LogP contribution in [0.3, 0.4) is 0 Å². The Labute approximate surface area is 114 Å². The summed E-state index contributed by atoms with van der Waals surface area (Å²) in [5.74, 6) is -0.124. The van der Waals surface area contributed by atoms with E-state index in [9.17, 15) is 4.79 Å². The number of carbonyl (C=O) groups excluding carboxylic acids is 1. The van der Waals surface area contributed by atoms with Gasteiger partial charge in [0.15, 0.2) is 5.78 Å². The zero-order chi connectivity index (χ0) is 14.3. The number of allylic oxidation sites excluding steroid dienone is 3. The summed E-state index contributed by atoms with van der Waals surface area (Å²) in [6.45, 7) is 7.59. The third-order valence-electron chi connectivity index (χ3n) is 2.58. The van der Waals surface area contributed by atoms with Gasteiger partial charge in [-0.1, -0.05) is 44.7 Å². The Balaban J connectivity index is 0.00000115. The summed E-state index contributed by atoms with van der Waals surface area (Å²) >= 11 is 0. The van der Waals surface area contributed by atoms with Crippen LogP contribution in [0.1, 0.15) is 25.6 Å². The Morgan fingerprint density at radius 2 is 2.05 bits per heavy atom. The minimum absolute atomic E-state index is 0. The van der Waals surface area contributed by atoms with Crippen LogP contribution < -0.4 is 0 Å². The Morgan fingerprint density at radius 1 is 1.37 bits per heavy atom. The van der Waals surface area contributed by atoms with Crippen molar-refractivity contribution in [1.82, 2.24) is 4.98 Å². The van der Waals surface area contributed by atoms with E-state index in [1.165, 1.54) is 12.2 Å². The number of benzene rings is 1. The first-order valence-electron chi connectivity index (χ1n) is 6.22. The molecule has 0 aliphatic carbocycles. The summed E-state index contributed by atoms with van der Waals surface area (Å²) < 4.78 is 0. The highest BCUT2D eigenvalue weighted by molar-refractivity contribution is 6.18. The molecule has 1 aromatic carbocycles. The molecule has 0 radical (unpaired) electrons. The number of nitrogens with one attached hydrogen (secondary N) is 2. The molecule has 2 N–H and O–H groups in total. The molecule has 0 aliphatic heterocycles. The molecule has 0 bridgehead atoms. The van der Waals surface area contributed by atoms with Crippen molar-refractivity contribution in [1.29, 1.82) is 5.41 Å². The van der Waals surface area contributed by atoms with Gasteiger partial charge in [-0.15, -0.1) is 0 Å². The first kappa shape index (κ1) is 14.6. The summed E-state index contributed by atoms with van der Waals surface area (Å²) in [5.41, 5.74) is 1.95. The zero-order valence-electron chi connectivity index (χ0n) is 11.2. The lowest BCUT2D eigenvalue weighted by atomic mass is 10.0. The number of carbonyl (C=O) groups is 1. The van der Waals surface area contributed by atoms with Gasteiger partial charge in [0.05, 0.1) is 0 Å². The van der Waals surface area contributed by atoms with Gasteiger partial charge in [-0.25, -0.2) is 0 Å². The minimum Gasteiger partial charge on any atom is -0.360 e. The van der Waals surface area contributed by atoms with Gasteiger partial charge in [-0.2, -0.15) is 0 Å². The standard InChI is InChI=1S/C14H12N2O.C2H6.H2/c1-2-10(7-8-15)14(17)12-9-16-13-6-4-3-5-11(12)13;1-2;/h2-9,15-16H,1H2;1-2H3;1H/b10-7+,15-8?;;. The fourth-order valence-electron chi connectivity index (χ4n) is 1.74.